The molecule has 1 atom stereocenters. The number of nitrogens with zero attached hydrogens (tertiary/aromatic N) is 1. The molecule has 3 aromatic rings. The number of rotatable bonds is 5. The number of hydrogen-bond acceptors (Lipinski definition) is 6. The lowest BCUT2D eigenvalue weighted by Gasteiger charge is -2.25. The smallest absolute Gasteiger partial charge is 0.337 e. The van der Waals surface area contributed by atoms with Gasteiger partial charge >= 0.3 is 5.97 Å². The molecule has 1 unspecified atom stereocenters. The maximum absolute atomic E-state index is 12.5. The maximum Gasteiger partial charge on any atom is 0.337 e. The van der Waals surface area contributed by atoms with E-state index >= 15 is 0 Å². The third kappa shape index (κ3) is 2.99. The van der Waals surface area contributed by atoms with Crippen molar-refractivity contribution < 1.29 is 19.0 Å². The fraction of sp³-hybridized carbons (Fsp3) is 0.217. The number of aromatic amines is 1. The zero-order chi connectivity index (χ0) is 20.7. The predicted molar refractivity (Wildman–Crippen MR) is 111 cm³/mol. The number of carbonyl (C=O) groups is 1. The number of esters is 1. The minimum Gasteiger partial charge on any atom is -0.493 e. The van der Waals surface area contributed by atoms with Crippen LogP contribution in [0.1, 0.15) is 28.3 Å². The van der Waals surface area contributed by atoms with E-state index in [0.717, 1.165) is 33.9 Å². The van der Waals surface area contributed by atoms with Gasteiger partial charge in [-0.25, -0.2) is 4.79 Å². The zero-order valence-electron chi connectivity index (χ0n) is 16.7. The minimum absolute atomic E-state index is 0.228. The molecule has 5 rings (SSSR count). The van der Waals surface area contributed by atoms with Gasteiger partial charge in [-0.05, 0) is 30.2 Å². The van der Waals surface area contributed by atoms with Gasteiger partial charge in [-0.1, -0.05) is 36.4 Å². The summed E-state index contributed by atoms with van der Waals surface area (Å²) in [4.78, 5) is 12.5. The molecule has 0 spiro atoms. The fourth-order valence-electron chi connectivity index (χ4n) is 4.04. The normalized spacial score (nSPS) is 17.1. The second kappa shape index (κ2) is 7.26. The molecule has 2 aliphatic rings. The number of hydrogen-bond donors (Lipinski definition) is 2. The van der Waals surface area contributed by atoms with Crippen molar-refractivity contribution in [1.82, 2.24) is 10.2 Å². The number of fused-ring (bicyclic) bond motifs is 1. The maximum atomic E-state index is 12.5. The highest BCUT2D eigenvalue weighted by Gasteiger charge is 2.40. The first-order valence-corrected chi connectivity index (χ1v) is 9.72. The van der Waals surface area contributed by atoms with Crippen molar-refractivity contribution in [3.63, 3.8) is 0 Å². The Morgan fingerprint density at radius 1 is 1.17 bits per heavy atom. The number of ether oxygens (including phenoxy) is 3. The van der Waals surface area contributed by atoms with Crippen LogP contribution in [0.5, 0.6) is 11.5 Å². The van der Waals surface area contributed by atoms with Gasteiger partial charge in [-0.3, -0.25) is 5.10 Å². The highest BCUT2D eigenvalue weighted by molar-refractivity contribution is 5.97. The van der Waals surface area contributed by atoms with Gasteiger partial charge in [0.05, 0.1) is 18.4 Å². The van der Waals surface area contributed by atoms with Crippen LogP contribution >= 0.6 is 0 Å². The molecule has 1 aromatic heterocycles. The number of nitrogens with one attached hydrogen (secondary N) is 2. The van der Waals surface area contributed by atoms with Gasteiger partial charge in [-0.2, -0.15) is 5.10 Å². The molecule has 0 radical (unpaired) electrons. The van der Waals surface area contributed by atoms with Crippen LogP contribution in [0.3, 0.4) is 0 Å². The molecule has 0 aliphatic carbocycles. The van der Waals surface area contributed by atoms with Crippen molar-refractivity contribution in [2.24, 2.45) is 0 Å². The lowest BCUT2D eigenvalue weighted by molar-refractivity contribution is -0.136. The molecule has 30 heavy (non-hydrogen) atoms. The first-order valence-electron chi connectivity index (χ1n) is 9.72. The van der Waals surface area contributed by atoms with E-state index in [-0.39, 0.29) is 18.5 Å². The second-order valence-electron chi connectivity index (χ2n) is 7.32. The van der Waals surface area contributed by atoms with E-state index in [9.17, 15) is 4.79 Å². The number of methoxy groups -OCH3 is 1. The van der Waals surface area contributed by atoms with E-state index in [0.29, 0.717) is 23.7 Å². The Labute approximate surface area is 173 Å². The summed E-state index contributed by atoms with van der Waals surface area (Å²) in [6, 6.07) is 15.7. The largest absolute Gasteiger partial charge is 0.493 e. The summed E-state index contributed by atoms with van der Waals surface area (Å²) in [6.45, 7) is 2.61. The Morgan fingerprint density at radius 2 is 2.00 bits per heavy atom. The molecule has 7 heteroatoms. The van der Waals surface area contributed by atoms with Crippen LogP contribution in [0.4, 0.5) is 5.82 Å². The molecule has 2 N–H and O–H groups in total. The summed E-state index contributed by atoms with van der Waals surface area (Å²) < 4.78 is 16.9. The molecule has 0 saturated carbocycles. The molecule has 3 heterocycles. The Morgan fingerprint density at radius 3 is 2.80 bits per heavy atom. The van der Waals surface area contributed by atoms with Crippen LogP contribution in [0.2, 0.25) is 0 Å². The number of H-pyrrole nitrogens is 1. The third-order valence-electron chi connectivity index (χ3n) is 5.49. The van der Waals surface area contributed by atoms with Gasteiger partial charge in [-0.15, -0.1) is 0 Å². The Kier molecular flexibility index (Phi) is 4.43. The Balaban J connectivity index is 1.52. The molecule has 152 valence electrons. The van der Waals surface area contributed by atoms with E-state index in [4.69, 9.17) is 14.2 Å². The molecular weight excluding hydrogens is 382 g/mol. The lowest BCUT2D eigenvalue weighted by Crippen LogP contribution is -2.20. The number of benzene rings is 2. The summed E-state index contributed by atoms with van der Waals surface area (Å²) in [6.07, 6.45) is 0. The molecule has 0 amide bonds. The quantitative estimate of drug-likeness (QED) is 0.632. The minimum atomic E-state index is -0.308. The van der Waals surface area contributed by atoms with Crippen molar-refractivity contribution in [3.8, 4) is 11.5 Å². The molecule has 0 saturated heterocycles. The molecule has 0 bridgehead atoms. The van der Waals surface area contributed by atoms with E-state index in [1.54, 1.807) is 7.11 Å². The Hall–Kier alpha value is -3.74. The molecule has 0 fully saturated rings. The van der Waals surface area contributed by atoms with Crippen molar-refractivity contribution in [2.45, 2.75) is 19.4 Å². The average molecular weight is 403 g/mol. The summed E-state index contributed by atoms with van der Waals surface area (Å²) in [7, 11) is 1.61. The highest BCUT2D eigenvalue weighted by Crippen LogP contribution is 2.46. The van der Waals surface area contributed by atoms with E-state index in [1.807, 2.05) is 55.5 Å². The summed E-state index contributed by atoms with van der Waals surface area (Å²) in [5, 5.41) is 10.6. The first-order chi connectivity index (χ1) is 14.7. The number of cyclic esters (lactones) is 1. The van der Waals surface area contributed by atoms with Crippen LogP contribution in [0.25, 0.3) is 0 Å². The van der Waals surface area contributed by atoms with E-state index < -0.39 is 0 Å². The molecule has 2 aliphatic heterocycles. The van der Waals surface area contributed by atoms with Crippen molar-refractivity contribution in [3.05, 3.63) is 82.2 Å². The van der Waals surface area contributed by atoms with Gasteiger partial charge in [0.25, 0.3) is 0 Å². The van der Waals surface area contributed by atoms with Crippen LogP contribution in [-0.4, -0.2) is 29.9 Å². The van der Waals surface area contributed by atoms with Gasteiger partial charge in [0.2, 0.25) is 0 Å². The number of aryl methyl sites for hydroxylation is 1. The van der Waals surface area contributed by atoms with Crippen molar-refractivity contribution >= 4 is 11.8 Å². The van der Waals surface area contributed by atoms with E-state index in [2.05, 4.69) is 15.5 Å². The SMILES string of the molecule is COc1cc(C2C3=C(COC3=O)Nc3n[nH]c(C)c32)ccc1OCc1ccccc1. The van der Waals surface area contributed by atoms with Gasteiger partial charge in [0, 0.05) is 17.2 Å². The van der Waals surface area contributed by atoms with Crippen LogP contribution in [-0.2, 0) is 16.1 Å². The topological polar surface area (TPSA) is 85.5 Å². The number of anilines is 1. The van der Waals surface area contributed by atoms with Crippen LogP contribution < -0.4 is 14.8 Å². The lowest BCUT2D eigenvalue weighted by atomic mass is 9.82. The summed E-state index contributed by atoms with van der Waals surface area (Å²) >= 11 is 0. The van der Waals surface area contributed by atoms with Crippen molar-refractivity contribution in [1.29, 1.82) is 0 Å². The monoisotopic (exact) mass is 403 g/mol. The Bertz CT molecular complexity index is 1150. The molecule has 7 nitrogen and oxygen atoms in total. The third-order valence-corrected chi connectivity index (χ3v) is 5.49. The van der Waals surface area contributed by atoms with Crippen LogP contribution in [0, 0.1) is 6.92 Å². The zero-order valence-corrected chi connectivity index (χ0v) is 16.7. The highest BCUT2D eigenvalue weighted by atomic mass is 16.5. The summed E-state index contributed by atoms with van der Waals surface area (Å²) in [5.41, 5.74) is 5.20. The predicted octanol–water partition coefficient (Wildman–Crippen LogP) is 3.67. The average Bonchev–Trinajstić information content (AvgIpc) is 3.34. The fourth-order valence-corrected chi connectivity index (χ4v) is 4.04. The first kappa shape index (κ1) is 18.3. The second-order valence-corrected chi connectivity index (χ2v) is 7.32. The summed E-state index contributed by atoms with van der Waals surface area (Å²) in [5.74, 6) is 1.38. The molecular formula is C23H21N3O4. The van der Waals surface area contributed by atoms with Crippen LogP contribution in [0.15, 0.2) is 59.8 Å². The number of carbonyl (C=O) groups excluding carboxylic acids is 1. The van der Waals surface area contributed by atoms with Crippen molar-refractivity contribution in [2.75, 3.05) is 19.0 Å². The molecule has 2 aromatic carbocycles. The standard InChI is InChI=1S/C23H21N3O4/c1-13-19-20(21-16(12-30-23(21)27)24-22(19)26-25-13)15-8-9-17(18(10-15)28-2)29-11-14-6-4-3-5-7-14/h3-10,20H,11-12H2,1-2H3,(H2,24,25,26). The van der Waals surface area contributed by atoms with Gasteiger partial charge < -0.3 is 19.5 Å². The van der Waals surface area contributed by atoms with Gasteiger partial charge in [0.1, 0.15) is 13.2 Å². The van der Waals surface area contributed by atoms with Gasteiger partial charge in [0.15, 0.2) is 17.3 Å². The number of aromatic nitrogens is 2. The van der Waals surface area contributed by atoms with E-state index in [1.165, 1.54) is 0 Å².